The molecule has 0 bridgehead atoms. The predicted octanol–water partition coefficient (Wildman–Crippen LogP) is 0.715. The molecular formula is C7H14N2OS. The second kappa shape index (κ2) is 5.43. The maximum Gasteiger partial charge on any atom is 0.156 e. The van der Waals surface area contributed by atoms with Crippen LogP contribution in [0, 0.1) is 0 Å². The molecule has 1 aliphatic heterocycles. The molecule has 1 heterocycles. The molecule has 0 saturated carbocycles. The average molecular weight is 174 g/mol. The third-order valence-corrected chi connectivity index (χ3v) is 2.31. The first-order valence-electron chi connectivity index (χ1n) is 3.83. The zero-order valence-corrected chi connectivity index (χ0v) is 7.62. The van der Waals surface area contributed by atoms with Crippen LogP contribution in [0.2, 0.25) is 0 Å². The highest BCUT2D eigenvalue weighted by Crippen LogP contribution is 2.04. The molecule has 1 rings (SSSR count). The van der Waals surface area contributed by atoms with Gasteiger partial charge in [-0.1, -0.05) is 11.8 Å². The van der Waals surface area contributed by atoms with Gasteiger partial charge in [0.1, 0.15) is 0 Å². The summed E-state index contributed by atoms with van der Waals surface area (Å²) >= 11 is 1.74. The van der Waals surface area contributed by atoms with Crippen LogP contribution in [0.25, 0.3) is 0 Å². The minimum Gasteiger partial charge on any atom is -0.384 e. The number of hydrogen-bond donors (Lipinski definition) is 1. The summed E-state index contributed by atoms with van der Waals surface area (Å²) in [5, 5.41) is 4.31. The molecule has 1 aliphatic rings. The van der Waals surface area contributed by atoms with Gasteiger partial charge in [0.15, 0.2) is 5.17 Å². The van der Waals surface area contributed by atoms with E-state index in [1.807, 2.05) is 0 Å². The molecule has 1 N–H and O–H groups in total. The van der Waals surface area contributed by atoms with E-state index < -0.39 is 0 Å². The third kappa shape index (κ3) is 3.62. The molecule has 0 aromatic carbocycles. The third-order valence-electron chi connectivity index (χ3n) is 1.39. The van der Waals surface area contributed by atoms with Crippen molar-refractivity contribution in [2.75, 3.05) is 32.6 Å². The fourth-order valence-electron chi connectivity index (χ4n) is 0.829. The van der Waals surface area contributed by atoms with Crippen molar-refractivity contribution in [2.45, 2.75) is 6.42 Å². The van der Waals surface area contributed by atoms with Gasteiger partial charge < -0.3 is 10.1 Å². The molecule has 0 unspecified atom stereocenters. The minimum atomic E-state index is 0.797. The van der Waals surface area contributed by atoms with Gasteiger partial charge in [-0.05, 0) is 6.42 Å². The van der Waals surface area contributed by atoms with Crippen LogP contribution >= 0.6 is 11.8 Å². The van der Waals surface area contributed by atoms with E-state index in [-0.39, 0.29) is 0 Å². The van der Waals surface area contributed by atoms with E-state index in [1.165, 1.54) is 0 Å². The summed E-state index contributed by atoms with van der Waals surface area (Å²) < 4.78 is 4.93. The van der Waals surface area contributed by atoms with Gasteiger partial charge in [0, 0.05) is 26.0 Å². The van der Waals surface area contributed by atoms with E-state index in [2.05, 4.69) is 10.3 Å². The zero-order valence-electron chi connectivity index (χ0n) is 6.80. The number of amidine groups is 1. The Labute approximate surface area is 71.6 Å². The Bertz CT molecular complexity index is 138. The lowest BCUT2D eigenvalue weighted by atomic mass is 10.4. The molecule has 0 aromatic rings. The lowest BCUT2D eigenvalue weighted by Crippen LogP contribution is -2.27. The SMILES string of the molecule is COCCSC1=NCCCN1. The van der Waals surface area contributed by atoms with Gasteiger partial charge in [-0.2, -0.15) is 0 Å². The molecule has 0 fully saturated rings. The summed E-state index contributed by atoms with van der Waals surface area (Å²) in [6.45, 7) is 2.84. The summed E-state index contributed by atoms with van der Waals surface area (Å²) in [7, 11) is 1.72. The van der Waals surface area contributed by atoms with Gasteiger partial charge in [-0.25, -0.2) is 0 Å². The van der Waals surface area contributed by atoms with Gasteiger partial charge >= 0.3 is 0 Å². The first-order valence-corrected chi connectivity index (χ1v) is 4.82. The predicted molar refractivity (Wildman–Crippen MR) is 49.3 cm³/mol. The zero-order chi connectivity index (χ0) is 7.94. The Morgan fingerprint density at radius 3 is 3.27 bits per heavy atom. The standard InChI is InChI=1S/C7H14N2OS/c1-10-5-6-11-7-8-3-2-4-9-7/h2-6H2,1H3,(H,8,9). The van der Waals surface area contributed by atoms with E-state index in [0.29, 0.717) is 0 Å². The van der Waals surface area contributed by atoms with Gasteiger partial charge in [-0.15, -0.1) is 0 Å². The van der Waals surface area contributed by atoms with Crippen molar-refractivity contribution >= 4 is 16.9 Å². The molecular weight excluding hydrogens is 160 g/mol. The van der Waals surface area contributed by atoms with Gasteiger partial charge in [0.2, 0.25) is 0 Å². The van der Waals surface area contributed by atoms with Crippen LogP contribution in [0.1, 0.15) is 6.42 Å². The lowest BCUT2D eigenvalue weighted by molar-refractivity contribution is 0.219. The smallest absolute Gasteiger partial charge is 0.156 e. The number of ether oxygens (including phenoxy) is 1. The second-order valence-corrected chi connectivity index (χ2v) is 3.39. The quantitative estimate of drug-likeness (QED) is 0.640. The first kappa shape index (κ1) is 8.87. The van der Waals surface area contributed by atoms with Crippen LogP contribution in [0.15, 0.2) is 4.99 Å². The van der Waals surface area contributed by atoms with Gasteiger partial charge in [0.25, 0.3) is 0 Å². The molecule has 0 radical (unpaired) electrons. The molecule has 0 aromatic heterocycles. The highest BCUT2D eigenvalue weighted by Gasteiger charge is 2.02. The highest BCUT2D eigenvalue weighted by atomic mass is 32.2. The second-order valence-electron chi connectivity index (χ2n) is 2.31. The van der Waals surface area contributed by atoms with Crippen LogP contribution in [-0.4, -0.2) is 37.7 Å². The van der Waals surface area contributed by atoms with Crippen molar-refractivity contribution in [1.29, 1.82) is 0 Å². The van der Waals surface area contributed by atoms with Crippen LogP contribution in [-0.2, 0) is 4.74 Å². The van der Waals surface area contributed by atoms with Gasteiger partial charge in [0.05, 0.1) is 6.61 Å². The summed E-state index contributed by atoms with van der Waals surface area (Å²) in [6, 6.07) is 0. The molecule has 0 spiro atoms. The first-order chi connectivity index (χ1) is 5.43. The summed E-state index contributed by atoms with van der Waals surface area (Å²) in [4.78, 5) is 4.31. The van der Waals surface area contributed by atoms with Crippen molar-refractivity contribution < 1.29 is 4.74 Å². The summed E-state index contributed by atoms with van der Waals surface area (Å²) in [5.41, 5.74) is 0. The van der Waals surface area contributed by atoms with E-state index in [4.69, 9.17) is 4.74 Å². The van der Waals surface area contributed by atoms with Crippen LogP contribution < -0.4 is 5.32 Å². The number of nitrogens with zero attached hydrogens (tertiary/aromatic N) is 1. The Hall–Kier alpha value is -0.220. The van der Waals surface area contributed by atoms with Crippen LogP contribution in [0.5, 0.6) is 0 Å². The Morgan fingerprint density at radius 1 is 1.73 bits per heavy atom. The molecule has 11 heavy (non-hydrogen) atoms. The van der Waals surface area contributed by atoms with Crippen molar-refractivity contribution in [3.63, 3.8) is 0 Å². The van der Waals surface area contributed by atoms with E-state index >= 15 is 0 Å². The molecule has 3 nitrogen and oxygen atoms in total. The molecule has 0 atom stereocenters. The summed E-state index contributed by atoms with van der Waals surface area (Å²) in [6.07, 6.45) is 1.16. The molecule has 0 saturated heterocycles. The summed E-state index contributed by atoms with van der Waals surface area (Å²) in [5.74, 6) is 0.988. The molecule has 4 heteroatoms. The van der Waals surface area contributed by atoms with Crippen molar-refractivity contribution in [3.8, 4) is 0 Å². The van der Waals surface area contributed by atoms with Crippen molar-refractivity contribution in [2.24, 2.45) is 4.99 Å². The topological polar surface area (TPSA) is 33.6 Å². The number of thioether (sulfide) groups is 1. The number of rotatable bonds is 3. The number of nitrogens with one attached hydrogen (secondary N) is 1. The van der Waals surface area contributed by atoms with Crippen molar-refractivity contribution in [3.05, 3.63) is 0 Å². The van der Waals surface area contributed by atoms with E-state index in [1.54, 1.807) is 18.9 Å². The molecule has 0 aliphatic carbocycles. The molecule has 0 amide bonds. The lowest BCUT2D eigenvalue weighted by Gasteiger charge is -2.12. The van der Waals surface area contributed by atoms with Crippen molar-refractivity contribution in [1.82, 2.24) is 5.32 Å². The van der Waals surface area contributed by atoms with Gasteiger partial charge in [-0.3, -0.25) is 4.99 Å². The Morgan fingerprint density at radius 2 is 2.64 bits per heavy atom. The maximum atomic E-state index is 4.93. The normalized spacial score (nSPS) is 17.4. The number of hydrogen-bond acceptors (Lipinski definition) is 4. The minimum absolute atomic E-state index is 0.797. The van der Waals surface area contributed by atoms with E-state index in [0.717, 1.165) is 37.0 Å². The molecule has 64 valence electrons. The number of methoxy groups -OCH3 is 1. The van der Waals surface area contributed by atoms with E-state index in [9.17, 15) is 0 Å². The fraction of sp³-hybridized carbons (Fsp3) is 0.857. The number of aliphatic imine (C=N–C) groups is 1. The Balaban J connectivity index is 2.09. The average Bonchev–Trinajstić information content (AvgIpc) is 2.07. The highest BCUT2D eigenvalue weighted by molar-refractivity contribution is 8.13. The maximum absolute atomic E-state index is 4.93. The monoisotopic (exact) mass is 174 g/mol. The van der Waals surface area contributed by atoms with Crippen LogP contribution in [0.3, 0.4) is 0 Å². The Kier molecular flexibility index (Phi) is 4.38. The fourth-order valence-corrected chi connectivity index (χ4v) is 1.66. The largest absolute Gasteiger partial charge is 0.384 e. The van der Waals surface area contributed by atoms with Crippen LogP contribution in [0.4, 0.5) is 0 Å².